The number of benzene rings is 1. The maximum Gasteiger partial charge on any atom is 0.257 e. The van der Waals surface area contributed by atoms with Gasteiger partial charge in [-0.3, -0.25) is 4.79 Å². The Kier molecular flexibility index (Phi) is 4.20. The number of nitrogens with two attached hydrogens (primary N) is 1. The van der Waals surface area contributed by atoms with Gasteiger partial charge in [0.15, 0.2) is 0 Å². The number of rotatable bonds is 1. The van der Waals surface area contributed by atoms with Crippen LogP contribution in [0.4, 0.5) is 4.39 Å². The first-order valence-electron chi connectivity index (χ1n) is 6.59. The van der Waals surface area contributed by atoms with Crippen LogP contribution in [0, 0.1) is 17.7 Å². The topological polar surface area (TPSA) is 66.6 Å². The molecule has 1 saturated carbocycles. The maximum atomic E-state index is 13.2. The molecule has 20 heavy (non-hydrogen) atoms. The number of halogens is 2. The Balaban J connectivity index is 0.00000147. The molecule has 0 spiro atoms. The molecule has 1 heterocycles. The van der Waals surface area contributed by atoms with Gasteiger partial charge in [-0.2, -0.15) is 0 Å². The normalized spacial score (nSPS) is 28.1. The van der Waals surface area contributed by atoms with Gasteiger partial charge in [0.1, 0.15) is 11.6 Å². The van der Waals surface area contributed by atoms with E-state index in [4.69, 9.17) is 5.73 Å². The second kappa shape index (κ2) is 5.58. The van der Waals surface area contributed by atoms with Gasteiger partial charge in [0, 0.05) is 19.1 Å². The molecule has 0 radical (unpaired) electrons. The van der Waals surface area contributed by atoms with Gasteiger partial charge in [0.25, 0.3) is 5.91 Å². The summed E-state index contributed by atoms with van der Waals surface area (Å²) in [6.45, 7) is 1.27. The van der Waals surface area contributed by atoms with Gasteiger partial charge in [-0.05, 0) is 42.9 Å². The summed E-state index contributed by atoms with van der Waals surface area (Å²) in [5, 5.41) is 9.68. The summed E-state index contributed by atoms with van der Waals surface area (Å²) < 4.78 is 13.2. The van der Waals surface area contributed by atoms with Crippen LogP contribution in [0.15, 0.2) is 18.2 Å². The van der Waals surface area contributed by atoms with Crippen LogP contribution >= 0.6 is 12.4 Å². The zero-order valence-electron chi connectivity index (χ0n) is 11.0. The fourth-order valence-corrected chi connectivity index (χ4v) is 3.32. The molecular formula is C14H18ClFN2O2. The minimum Gasteiger partial charge on any atom is -0.507 e. The van der Waals surface area contributed by atoms with E-state index in [1.165, 1.54) is 6.07 Å². The molecule has 3 atom stereocenters. The Bertz CT molecular complexity index is 526. The van der Waals surface area contributed by atoms with Gasteiger partial charge in [0.2, 0.25) is 0 Å². The first-order chi connectivity index (χ1) is 9.06. The van der Waals surface area contributed by atoms with Crippen molar-refractivity contribution in [2.24, 2.45) is 17.6 Å². The number of phenols is 1. The first-order valence-corrected chi connectivity index (χ1v) is 6.59. The first kappa shape index (κ1) is 15.1. The highest BCUT2D eigenvalue weighted by Gasteiger charge is 2.42. The molecule has 2 fully saturated rings. The molecule has 3 N–H and O–H groups in total. The van der Waals surface area contributed by atoms with Crippen molar-refractivity contribution in [3.8, 4) is 5.75 Å². The number of amides is 1. The highest BCUT2D eigenvalue weighted by atomic mass is 35.5. The maximum absolute atomic E-state index is 13.2. The van der Waals surface area contributed by atoms with Crippen LogP contribution in [0.25, 0.3) is 0 Å². The summed E-state index contributed by atoms with van der Waals surface area (Å²) in [7, 11) is 0. The third kappa shape index (κ3) is 2.47. The van der Waals surface area contributed by atoms with Crippen molar-refractivity contribution in [3.63, 3.8) is 0 Å². The number of fused-ring (bicyclic) bond motifs is 1. The number of aromatic hydroxyl groups is 1. The molecule has 1 aliphatic carbocycles. The molecule has 2 aliphatic rings. The molecule has 1 aromatic carbocycles. The number of carbonyl (C=O) groups excluding carboxylic acids is 1. The number of likely N-dealkylation sites (tertiary alicyclic amines) is 1. The summed E-state index contributed by atoms with van der Waals surface area (Å²) in [6, 6.07) is 3.60. The number of hydrogen-bond acceptors (Lipinski definition) is 3. The molecule has 0 bridgehead atoms. The van der Waals surface area contributed by atoms with E-state index >= 15 is 0 Å². The Labute approximate surface area is 123 Å². The lowest BCUT2D eigenvalue weighted by Crippen LogP contribution is -2.33. The molecule has 4 nitrogen and oxygen atoms in total. The fraction of sp³-hybridized carbons (Fsp3) is 0.500. The van der Waals surface area contributed by atoms with E-state index in [2.05, 4.69) is 0 Å². The van der Waals surface area contributed by atoms with E-state index in [1.54, 1.807) is 4.90 Å². The minimum atomic E-state index is -0.516. The van der Waals surface area contributed by atoms with E-state index in [1.807, 2.05) is 0 Å². The minimum absolute atomic E-state index is 0. The van der Waals surface area contributed by atoms with Crippen LogP contribution in [0.3, 0.4) is 0 Å². The molecular weight excluding hydrogens is 283 g/mol. The second-order valence-electron chi connectivity index (χ2n) is 5.54. The monoisotopic (exact) mass is 300 g/mol. The van der Waals surface area contributed by atoms with E-state index in [0.717, 1.165) is 25.0 Å². The number of nitrogens with zero attached hydrogens (tertiary/aromatic N) is 1. The predicted octanol–water partition coefficient (Wildman–Crippen LogP) is 1.76. The van der Waals surface area contributed by atoms with E-state index < -0.39 is 5.82 Å². The molecule has 6 heteroatoms. The zero-order chi connectivity index (χ0) is 13.6. The average molecular weight is 301 g/mol. The van der Waals surface area contributed by atoms with Gasteiger partial charge in [-0.25, -0.2) is 4.39 Å². The molecule has 3 unspecified atom stereocenters. The lowest BCUT2D eigenvalue weighted by Gasteiger charge is -2.19. The number of phenolic OH excluding ortho intramolecular Hbond substituents is 1. The van der Waals surface area contributed by atoms with Crippen LogP contribution in [0.1, 0.15) is 23.2 Å². The van der Waals surface area contributed by atoms with Crippen LogP contribution < -0.4 is 5.73 Å². The lowest BCUT2D eigenvalue weighted by atomic mass is 9.98. The molecule has 1 aliphatic heterocycles. The summed E-state index contributed by atoms with van der Waals surface area (Å²) >= 11 is 0. The third-order valence-corrected chi connectivity index (χ3v) is 4.39. The van der Waals surface area contributed by atoms with Crippen molar-refractivity contribution in [3.05, 3.63) is 29.6 Å². The van der Waals surface area contributed by atoms with Gasteiger partial charge < -0.3 is 15.7 Å². The Hall–Kier alpha value is -1.33. The fourth-order valence-electron chi connectivity index (χ4n) is 3.32. The summed E-state index contributed by atoms with van der Waals surface area (Å²) in [6.07, 6.45) is 2.06. The molecule has 1 saturated heterocycles. The second-order valence-corrected chi connectivity index (χ2v) is 5.54. The Morgan fingerprint density at radius 3 is 2.80 bits per heavy atom. The van der Waals surface area contributed by atoms with Crippen LogP contribution in [-0.2, 0) is 0 Å². The SMILES string of the molecule is Cl.NC1CCC2CN(C(=O)c3cc(F)ccc3O)CC12. The standard InChI is InChI=1S/C14H17FN2O2.ClH/c15-9-2-4-13(18)10(5-9)14(19)17-6-8-1-3-12(16)11(8)7-17;/h2,4-5,8,11-12,18H,1,3,6-7,16H2;1H. The molecule has 0 aromatic heterocycles. The Morgan fingerprint density at radius 1 is 1.35 bits per heavy atom. The highest BCUT2D eigenvalue weighted by molar-refractivity contribution is 5.97. The molecule has 1 amide bonds. The quantitative estimate of drug-likeness (QED) is 0.830. The van der Waals surface area contributed by atoms with Gasteiger partial charge in [0.05, 0.1) is 5.56 Å². The lowest BCUT2D eigenvalue weighted by molar-refractivity contribution is 0.0776. The van der Waals surface area contributed by atoms with Crippen molar-refractivity contribution in [2.45, 2.75) is 18.9 Å². The van der Waals surface area contributed by atoms with Crippen molar-refractivity contribution >= 4 is 18.3 Å². The summed E-state index contributed by atoms with van der Waals surface area (Å²) in [4.78, 5) is 14.0. The van der Waals surface area contributed by atoms with Crippen molar-refractivity contribution in [1.29, 1.82) is 0 Å². The van der Waals surface area contributed by atoms with Crippen LogP contribution in [-0.4, -0.2) is 35.0 Å². The van der Waals surface area contributed by atoms with Crippen LogP contribution in [0.5, 0.6) is 5.75 Å². The van der Waals surface area contributed by atoms with E-state index in [9.17, 15) is 14.3 Å². The molecule has 1 aromatic rings. The smallest absolute Gasteiger partial charge is 0.257 e. The summed E-state index contributed by atoms with van der Waals surface area (Å²) in [5.74, 6) is -0.196. The number of hydrogen-bond donors (Lipinski definition) is 2. The third-order valence-electron chi connectivity index (χ3n) is 4.39. The van der Waals surface area contributed by atoms with Crippen molar-refractivity contribution in [2.75, 3.05) is 13.1 Å². The highest BCUT2D eigenvalue weighted by Crippen LogP contribution is 2.38. The van der Waals surface area contributed by atoms with Crippen molar-refractivity contribution in [1.82, 2.24) is 4.90 Å². The average Bonchev–Trinajstić information content (AvgIpc) is 2.94. The summed E-state index contributed by atoms with van der Waals surface area (Å²) in [5.41, 5.74) is 6.06. The van der Waals surface area contributed by atoms with Gasteiger partial charge >= 0.3 is 0 Å². The van der Waals surface area contributed by atoms with E-state index in [-0.39, 0.29) is 35.7 Å². The predicted molar refractivity (Wildman–Crippen MR) is 75.4 cm³/mol. The largest absolute Gasteiger partial charge is 0.507 e. The van der Waals surface area contributed by atoms with Gasteiger partial charge in [-0.15, -0.1) is 12.4 Å². The van der Waals surface area contributed by atoms with Gasteiger partial charge in [-0.1, -0.05) is 0 Å². The van der Waals surface area contributed by atoms with Crippen LogP contribution in [0.2, 0.25) is 0 Å². The molecule has 110 valence electrons. The van der Waals surface area contributed by atoms with Crippen molar-refractivity contribution < 1.29 is 14.3 Å². The van der Waals surface area contributed by atoms with E-state index in [0.29, 0.717) is 24.9 Å². The number of carbonyl (C=O) groups is 1. The molecule has 3 rings (SSSR count). The zero-order valence-corrected chi connectivity index (χ0v) is 11.8. The Morgan fingerprint density at radius 2 is 2.10 bits per heavy atom.